The third-order valence-corrected chi connectivity index (χ3v) is 5.58. The van der Waals surface area contributed by atoms with Crippen LogP contribution in [0.5, 0.6) is 5.75 Å². The fourth-order valence-electron chi connectivity index (χ4n) is 3.88. The zero-order valence-corrected chi connectivity index (χ0v) is 21.0. The monoisotopic (exact) mass is 497 g/mol. The van der Waals surface area contributed by atoms with E-state index >= 15 is 0 Å². The van der Waals surface area contributed by atoms with Crippen molar-refractivity contribution < 1.29 is 18.7 Å². The van der Waals surface area contributed by atoms with Crippen LogP contribution in [0.3, 0.4) is 0 Å². The lowest BCUT2D eigenvalue weighted by Gasteiger charge is -2.21. The molecule has 11 heteroatoms. The van der Waals surface area contributed by atoms with Crippen LogP contribution < -0.4 is 15.4 Å². The number of benzene rings is 1. The molecule has 1 aliphatic carbocycles. The maximum absolute atomic E-state index is 13.4. The Balaban J connectivity index is 0.000000303. The molecule has 10 nitrogen and oxygen atoms in total. The van der Waals surface area contributed by atoms with Gasteiger partial charge in [0.2, 0.25) is 5.91 Å². The molecule has 1 aromatic carbocycles. The van der Waals surface area contributed by atoms with E-state index in [1.54, 1.807) is 38.0 Å². The molecule has 4 rings (SSSR count). The molecule has 0 atom stereocenters. The van der Waals surface area contributed by atoms with Gasteiger partial charge in [0.05, 0.1) is 7.11 Å². The average Bonchev–Trinajstić information content (AvgIpc) is 3.30. The highest BCUT2D eigenvalue weighted by molar-refractivity contribution is 5.93. The highest BCUT2D eigenvalue weighted by Gasteiger charge is 2.15. The lowest BCUT2D eigenvalue weighted by atomic mass is 9.95. The number of amides is 2. The third-order valence-electron chi connectivity index (χ3n) is 5.58. The molecule has 1 fully saturated rings. The average molecular weight is 498 g/mol. The van der Waals surface area contributed by atoms with Crippen LogP contribution in [0.2, 0.25) is 0 Å². The summed E-state index contributed by atoms with van der Waals surface area (Å²) in [5.74, 6) is 0.251. The van der Waals surface area contributed by atoms with Crippen molar-refractivity contribution >= 4 is 11.8 Å². The van der Waals surface area contributed by atoms with E-state index in [0.717, 1.165) is 0 Å². The van der Waals surface area contributed by atoms with Crippen molar-refractivity contribution in [2.24, 2.45) is 7.05 Å². The van der Waals surface area contributed by atoms with Gasteiger partial charge in [-0.1, -0.05) is 25.3 Å². The largest absolute Gasteiger partial charge is 0.494 e. The fraction of sp³-hybridized carbons (Fsp3) is 0.440. The summed E-state index contributed by atoms with van der Waals surface area (Å²) in [5, 5.41) is 9.86. The van der Waals surface area contributed by atoms with Crippen LogP contribution in [0.25, 0.3) is 11.5 Å². The Morgan fingerprint density at radius 2 is 1.92 bits per heavy atom. The van der Waals surface area contributed by atoms with Crippen LogP contribution in [0.1, 0.15) is 60.9 Å². The summed E-state index contributed by atoms with van der Waals surface area (Å²) >= 11 is 0. The Morgan fingerprint density at radius 3 is 2.56 bits per heavy atom. The normalized spacial score (nSPS) is 13.4. The molecular formula is C25H32FN7O3. The molecule has 2 amide bonds. The van der Waals surface area contributed by atoms with Gasteiger partial charge in [0.15, 0.2) is 17.4 Å². The van der Waals surface area contributed by atoms with Crippen LogP contribution in [-0.2, 0) is 18.4 Å². The van der Waals surface area contributed by atoms with Crippen LogP contribution in [-0.4, -0.2) is 49.7 Å². The van der Waals surface area contributed by atoms with Crippen molar-refractivity contribution in [1.29, 1.82) is 0 Å². The van der Waals surface area contributed by atoms with E-state index in [2.05, 4.69) is 30.7 Å². The van der Waals surface area contributed by atoms with Crippen LogP contribution >= 0.6 is 0 Å². The Bertz CT molecular complexity index is 1190. The smallest absolute Gasteiger partial charge is 0.270 e. The number of nitrogens with zero attached hydrogens (tertiary/aromatic N) is 5. The molecule has 0 spiro atoms. The first-order valence-corrected chi connectivity index (χ1v) is 11.8. The second-order valence-electron chi connectivity index (χ2n) is 8.61. The van der Waals surface area contributed by atoms with Gasteiger partial charge in [0.1, 0.15) is 23.5 Å². The van der Waals surface area contributed by atoms with Gasteiger partial charge in [-0.15, -0.1) is 5.10 Å². The zero-order chi connectivity index (χ0) is 26.1. The number of carbonyl (C=O) groups is 2. The molecule has 3 aromatic rings. The first-order valence-electron chi connectivity index (χ1n) is 11.8. The number of aryl methyl sites for hydroxylation is 2. The van der Waals surface area contributed by atoms with E-state index < -0.39 is 5.82 Å². The van der Waals surface area contributed by atoms with Gasteiger partial charge in [-0.3, -0.25) is 14.3 Å². The maximum atomic E-state index is 13.4. The molecule has 2 aromatic heterocycles. The van der Waals surface area contributed by atoms with Gasteiger partial charge >= 0.3 is 0 Å². The van der Waals surface area contributed by atoms with Gasteiger partial charge in [-0.2, -0.15) is 0 Å². The molecule has 1 saturated carbocycles. The summed E-state index contributed by atoms with van der Waals surface area (Å²) in [4.78, 5) is 35.6. The topological polar surface area (TPSA) is 124 Å². The Labute approximate surface area is 209 Å². The summed E-state index contributed by atoms with van der Waals surface area (Å²) < 4.78 is 19.9. The molecule has 0 radical (unpaired) electrons. The molecule has 0 aliphatic heterocycles. The van der Waals surface area contributed by atoms with Gasteiger partial charge < -0.3 is 15.4 Å². The number of halogens is 1. The molecule has 192 valence electrons. The number of methoxy groups -OCH3 is 1. The van der Waals surface area contributed by atoms with Crippen LogP contribution in [0, 0.1) is 12.7 Å². The lowest BCUT2D eigenvalue weighted by molar-refractivity contribution is -0.119. The van der Waals surface area contributed by atoms with E-state index in [9.17, 15) is 14.0 Å². The second-order valence-corrected chi connectivity index (χ2v) is 8.61. The predicted molar refractivity (Wildman–Crippen MR) is 132 cm³/mol. The fourth-order valence-corrected chi connectivity index (χ4v) is 3.88. The number of hydrogen-bond acceptors (Lipinski definition) is 7. The lowest BCUT2D eigenvalue weighted by Crippen LogP contribution is -2.34. The molecule has 1 aliphatic rings. The minimum absolute atomic E-state index is 0.118. The first-order chi connectivity index (χ1) is 17.2. The van der Waals surface area contributed by atoms with Crippen molar-refractivity contribution in [3.05, 3.63) is 53.5 Å². The Hall–Kier alpha value is -3.89. The van der Waals surface area contributed by atoms with E-state index in [1.165, 1.54) is 57.4 Å². The first kappa shape index (κ1) is 26.7. The van der Waals surface area contributed by atoms with Crippen LogP contribution in [0.15, 0.2) is 30.6 Å². The van der Waals surface area contributed by atoms with Gasteiger partial charge in [-0.25, -0.2) is 19.3 Å². The standard InChI is InChI=1S/C17H17FN6O2.C8H15NO/c1-10-21-13(16-20-9-24(2)23-16)7-14(22-10)17(25)19-8-11-4-5-12(18)15(6-11)26-3;1-7(10)9-8-5-3-2-4-6-8/h4-7,9H,8H2,1-3H3,(H,19,25);8H,2-6H2,1H3,(H,9,10). The number of nitrogens with one attached hydrogen (secondary N) is 2. The maximum Gasteiger partial charge on any atom is 0.270 e. The number of carbonyl (C=O) groups excluding carboxylic acids is 2. The Morgan fingerprint density at radius 1 is 1.17 bits per heavy atom. The molecule has 0 bridgehead atoms. The highest BCUT2D eigenvalue weighted by atomic mass is 19.1. The van der Waals surface area contributed by atoms with E-state index in [1.807, 2.05) is 0 Å². The number of hydrogen-bond donors (Lipinski definition) is 2. The van der Waals surface area contributed by atoms with Gasteiger partial charge in [0, 0.05) is 26.6 Å². The minimum Gasteiger partial charge on any atom is -0.494 e. The number of rotatable bonds is 6. The third kappa shape index (κ3) is 7.82. The van der Waals surface area contributed by atoms with Crippen LogP contribution in [0.4, 0.5) is 4.39 Å². The number of aromatic nitrogens is 5. The molecule has 2 heterocycles. The molecular weight excluding hydrogens is 465 g/mol. The van der Waals surface area contributed by atoms with Crippen molar-refractivity contribution in [3.63, 3.8) is 0 Å². The van der Waals surface area contributed by atoms with E-state index in [0.29, 0.717) is 28.9 Å². The summed E-state index contributed by atoms with van der Waals surface area (Å²) in [6.45, 7) is 3.48. The zero-order valence-electron chi connectivity index (χ0n) is 21.0. The minimum atomic E-state index is -0.457. The van der Waals surface area contributed by atoms with E-state index in [-0.39, 0.29) is 29.8 Å². The van der Waals surface area contributed by atoms with Crippen molar-refractivity contribution in [2.45, 2.75) is 58.5 Å². The molecule has 36 heavy (non-hydrogen) atoms. The summed E-state index contributed by atoms with van der Waals surface area (Å²) in [5.41, 5.74) is 1.37. The SMILES string of the molecule is CC(=O)NC1CCCCC1.COc1cc(CNC(=O)c2cc(-c3ncn(C)n3)nc(C)n2)ccc1F. The highest BCUT2D eigenvalue weighted by Crippen LogP contribution is 2.19. The van der Waals surface area contributed by atoms with Crippen molar-refractivity contribution in [2.75, 3.05) is 7.11 Å². The Kier molecular flexibility index (Phi) is 9.43. The number of ether oxygens (including phenoxy) is 1. The summed E-state index contributed by atoms with van der Waals surface area (Å²) in [6, 6.07) is 6.41. The van der Waals surface area contributed by atoms with Crippen molar-refractivity contribution in [1.82, 2.24) is 35.4 Å². The van der Waals surface area contributed by atoms with Gasteiger partial charge in [-0.05, 0) is 43.5 Å². The van der Waals surface area contributed by atoms with Gasteiger partial charge in [0.25, 0.3) is 5.91 Å². The molecule has 2 N–H and O–H groups in total. The predicted octanol–water partition coefficient (Wildman–Crippen LogP) is 3.11. The van der Waals surface area contributed by atoms with Crippen molar-refractivity contribution in [3.8, 4) is 17.3 Å². The van der Waals surface area contributed by atoms with E-state index in [4.69, 9.17) is 4.74 Å². The second kappa shape index (κ2) is 12.7. The quantitative estimate of drug-likeness (QED) is 0.536. The summed E-state index contributed by atoms with van der Waals surface area (Å²) in [7, 11) is 3.13. The summed E-state index contributed by atoms with van der Waals surface area (Å²) in [6.07, 6.45) is 7.82. The molecule has 0 unspecified atom stereocenters. The molecule has 0 saturated heterocycles.